The highest BCUT2D eigenvalue weighted by Crippen LogP contribution is 2.23. The monoisotopic (exact) mass is 250 g/mol. The standard InChI is InChI=1S/C14H22N2O2/c1-9(2)13(15-4)14(18)11-5-7-12(8-6-11)16-10(3)17/h5-9,13-15,18H,1-4H3,(H,16,17). The number of rotatable bonds is 5. The highest BCUT2D eigenvalue weighted by atomic mass is 16.3. The van der Waals surface area contributed by atoms with Gasteiger partial charge in [0.2, 0.25) is 5.91 Å². The van der Waals surface area contributed by atoms with Crippen molar-refractivity contribution in [3.05, 3.63) is 29.8 Å². The summed E-state index contributed by atoms with van der Waals surface area (Å²) >= 11 is 0. The lowest BCUT2D eigenvalue weighted by Gasteiger charge is -2.26. The van der Waals surface area contributed by atoms with Crippen LogP contribution in [0.2, 0.25) is 0 Å². The number of carbonyl (C=O) groups excluding carboxylic acids is 1. The number of hydrogen-bond acceptors (Lipinski definition) is 3. The molecule has 3 N–H and O–H groups in total. The molecule has 4 heteroatoms. The van der Waals surface area contributed by atoms with Crippen LogP contribution in [0.3, 0.4) is 0 Å². The zero-order valence-corrected chi connectivity index (χ0v) is 11.4. The molecule has 0 aliphatic heterocycles. The van der Waals surface area contributed by atoms with Crippen LogP contribution in [0.25, 0.3) is 0 Å². The van der Waals surface area contributed by atoms with Gasteiger partial charge in [0.25, 0.3) is 0 Å². The van der Waals surface area contributed by atoms with E-state index in [-0.39, 0.29) is 11.9 Å². The molecule has 4 nitrogen and oxygen atoms in total. The van der Waals surface area contributed by atoms with Crippen molar-refractivity contribution in [1.29, 1.82) is 0 Å². The van der Waals surface area contributed by atoms with Crippen molar-refractivity contribution in [3.63, 3.8) is 0 Å². The molecule has 100 valence electrons. The van der Waals surface area contributed by atoms with E-state index in [9.17, 15) is 9.90 Å². The van der Waals surface area contributed by atoms with E-state index >= 15 is 0 Å². The van der Waals surface area contributed by atoms with Gasteiger partial charge < -0.3 is 15.7 Å². The summed E-state index contributed by atoms with van der Waals surface area (Å²) in [5, 5.41) is 16.1. The number of amides is 1. The molecule has 0 bridgehead atoms. The van der Waals surface area contributed by atoms with E-state index in [0.717, 1.165) is 11.3 Å². The first-order valence-electron chi connectivity index (χ1n) is 6.18. The minimum Gasteiger partial charge on any atom is -0.387 e. The Hall–Kier alpha value is -1.39. The Morgan fingerprint density at radius 1 is 1.22 bits per heavy atom. The molecule has 0 aliphatic rings. The summed E-state index contributed by atoms with van der Waals surface area (Å²) in [6.07, 6.45) is -0.554. The maximum Gasteiger partial charge on any atom is 0.221 e. The molecular formula is C14H22N2O2. The predicted molar refractivity (Wildman–Crippen MR) is 73.4 cm³/mol. The van der Waals surface area contributed by atoms with Crippen molar-refractivity contribution in [2.75, 3.05) is 12.4 Å². The van der Waals surface area contributed by atoms with E-state index in [0.29, 0.717) is 5.92 Å². The fourth-order valence-electron chi connectivity index (χ4n) is 2.03. The van der Waals surface area contributed by atoms with Crippen LogP contribution in [0.15, 0.2) is 24.3 Å². The second kappa shape index (κ2) is 6.52. The summed E-state index contributed by atoms with van der Waals surface area (Å²) in [5.41, 5.74) is 1.58. The van der Waals surface area contributed by atoms with E-state index in [1.807, 2.05) is 19.2 Å². The Morgan fingerprint density at radius 2 is 1.78 bits per heavy atom. The zero-order chi connectivity index (χ0) is 13.7. The van der Waals surface area contributed by atoms with Crippen molar-refractivity contribution < 1.29 is 9.90 Å². The molecule has 0 saturated carbocycles. The molecule has 0 fully saturated rings. The fourth-order valence-corrected chi connectivity index (χ4v) is 2.03. The van der Waals surface area contributed by atoms with Crippen LogP contribution in [0, 0.1) is 5.92 Å². The van der Waals surface area contributed by atoms with Gasteiger partial charge in [-0.2, -0.15) is 0 Å². The minimum atomic E-state index is -0.554. The number of aliphatic hydroxyl groups is 1. The molecule has 1 aromatic rings. The first-order valence-corrected chi connectivity index (χ1v) is 6.18. The molecule has 0 heterocycles. The number of likely N-dealkylation sites (N-methyl/N-ethyl adjacent to an activating group) is 1. The maximum absolute atomic E-state index is 10.9. The van der Waals surface area contributed by atoms with Crippen LogP contribution < -0.4 is 10.6 Å². The number of benzene rings is 1. The number of nitrogens with one attached hydrogen (secondary N) is 2. The molecule has 18 heavy (non-hydrogen) atoms. The van der Waals surface area contributed by atoms with Crippen molar-refractivity contribution in [2.24, 2.45) is 5.92 Å². The molecule has 0 aromatic heterocycles. The quantitative estimate of drug-likeness (QED) is 0.748. The second-order valence-corrected chi connectivity index (χ2v) is 4.81. The molecule has 1 aromatic carbocycles. The average Bonchev–Trinajstić information content (AvgIpc) is 2.29. The van der Waals surface area contributed by atoms with Crippen molar-refractivity contribution in [1.82, 2.24) is 5.32 Å². The molecule has 1 amide bonds. The number of carbonyl (C=O) groups is 1. The Labute approximate surface area is 108 Å². The molecular weight excluding hydrogens is 228 g/mol. The van der Waals surface area contributed by atoms with Crippen LogP contribution in [0.4, 0.5) is 5.69 Å². The van der Waals surface area contributed by atoms with Crippen LogP contribution in [0.5, 0.6) is 0 Å². The number of hydrogen-bond donors (Lipinski definition) is 3. The Balaban J connectivity index is 2.80. The van der Waals surface area contributed by atoms with Gasteiger partial charge in [-0.3, -0.25) is 4.79 Å². The molecule has 1 rings (SSSR count). The van der Waals surface area contributed by atoms with E-state index in [2.05, 4.69) is 24.5 Å². The van der Waals surface area contributed by atoms with Crippen molar-refractivity contribution in [3.8, 4) is 0 Å². The third kappa shape index (κ3) is 3.82. The summed E-state index contributed by atoms with van der Waals surface area (Å²) in [7, 11) is 1.85. The average molecular weight is 250 g/mol. The third-order valence-corrected chi connectivity index (χ3v) is 2.96. The van der Waals surface area contributed by atoms with E-state index in [4.69, 9.17) is 0 Å². The Morgan fingerprint density at radius 3 is 2.17 bits per heavy atom. The van der Waals surface area contributed by atoms with Gasteiger partial charge in [0, 0.05) is 18.7 Å². The third-order valence-electron chi connectivity index (χ3n) is 2.96. The number of anilines is 1. The second-order valence-electron chi connectivity index (χ2n) is 4.81. The summed E-state index contributed by atoms with van der Waals surface area (Å²) in [6.45, 7) is 5.60. The fraction of sp³-hybridized carbons (Fsp3) is 0.500. The van der Waals surface area contributed by atoms with E-state index in [1.165, 1.54) is 6.92 Å². The number of aliphatic hydroxyl groups excluding tert-OH is 1. The summed E-state index contributed by atoms with van der Waals surface area (Å²) in [4.78, 5) is 10.9. The van der Waals surface area contributed by atoms with Gasteiger partial charge in [-0.15, -0.1) is 0 Å². The van der Waals surface area contributed by atoms with Gasteiger partial charge in [-0.1, -0.05) is 26.0 Å². The maximum atomic E-state index is 10.9. The highest BCUT2D eigenvalue weighted by molar-refractivity contribution is 5.88. The van der Waals surface area contributed by atoms with E-state index in [1.54, 1.807) is 12.1 Å². The molecule has 0 saturated heterocycles. The van der Waals surface area contributed by atoms with Gasteiger partial charge in [0.05, 0.1) is 6.10 Å². The summed E-state index contributed by atoms with van der Waals surface area (Å²) in [5.74, 6) is 0.235. The van der Waals surface area contributed by atoms with Gasteiger partial charge in [-0.25, -0.2) is 0 Å². The van der Waals surface area contributed by atoms with Crippen molar-refractivity contribution in [2.45, 2.75) is 32.9 Å². The van der Waals surface area contributed by atoms with Gasteiger partial charge in [-0.05, 0) is 30.7 Å². The normalized spacial score (nSPS) is 14.3. The molecule has 0 spiro atoms. The molecule has 2 unspecified atom stereocenters. The van der Waals surface area contributed by atoms with Crippen LogP contribution in [-0.4, -0.2) is 24.1 Å². The molecule has 0 aliphatic carbocycles. The van der Waals surface area contributed by atoms with Gasteiger partial charge in [0.15, 0.2) is 0 Å². The van der Waals surface area contributed by atoms with Crippen molar-refractivity contribution >= 4 is 11.6 Å². The van der Waals surface area contributed by atoms with Crippen LogP contribution in [0.1, 0.15) is 32.4 Å². The summed E-state index contributed by atoms with van der Waals surface area (Å²) in [6, 6.07) is 7.28. The lowest BCUT2D eigenvalue weighted by Crippen LogP contribution is -2.36. The molecule has 2 atom stereocenters. The topological polar surface area (TPSA) is 61.4 Å². The van der Waals surface area contributed by atoms with Crippen LogP contribution >= 0.6 is 0 Å². The highest BCUT2D eigenvalue weighted by Gasteiger charge is 2.22. The first-order chi connectivity index (χ1) is 8.45. The zero-order valence-electron chi connectivity index (χ0n) is 11.4. The largest absolute Gasteiger partial charge is 0.387 e. The minimum absolute atomic E-state index is 0.0108. The molecule has 0 radical (unpaired) electrons. The summed E-state index contributed by atoms with van der Waals surface area (Å²) < 4.78 is 0. The van der Waals surface area contributed by atoms with E-state index < -0.39 is 6.10 Å². The lowest BCUT2D eigenvalue weighted by molar-refractivity contribution is -0.114. The SMILES string of the molecule is CNC(C(C)C)C(O)c1ccc(NC(C)=O)cc1. The Bertz CT molecular complexity index is 387. The lowest BCUT2D eigenvalue weighted by atomic mass is 9.93. The smallest absolute Gasteiger partial charge is 0.221 e. The first kappa shape index (κ1) is 14.7. The van der Waals surface area contributed by atoms with Gasteiger partial charge >= 0.3 is 0 Å². The van der Waals surface area contributed by atoms with Gasteiger partial charge in [0.1, 0.15) is 0 Å². The Kier molecular flexibility index (Phi) is 5.31. The predicted octanol–water partition coefficient (Wildman–Crippen LogP) is 1.92. The van der Waals surface area contributed by atoms with Crippen LogP contribution in [-0.2, 0) is 4.79 Å².